The maximum Gasteiger partial charge on any atom is 0.282 e. The Morgan fingerprint density at radius 3 is 2.62 bits per heavy atom. The number of hydrogen-bond acceptors (Lipinski definition) is 5. The van der Waals surface area contributed by atoms with Gasteiger partial charge in [-0.3, -0.25) is 14.5 Å². The van der Waals surface area contributed by atoms with Crippen LogP contribution in [0.2, 0.25) is 0 Å². The van der Waals surface area contributed by atoms with Crippen molar-refractivity contribution >= 4 is 27.5 Å². The van der Waals surface area contributed by atoms with Crippen molar-refractivity contribution < 1.29 is 4.79 Å². The van der Waals surface area contributed by atoms with Gasteiger partial charge < -0.3 is 9.80 Å². The summed E-state index contributed by atoms with van der Waals surface area (Å²) in [6, 6.07) is 0. The van der Waals surface area contributed by atoms with E-state index in [1.165, 1.54) is 4.68 Å². The highest BCUT2D eigenvalue weighted by atomic mass is 79.9. The van der Waals surface area contributed by atoms with Crippen molar-refractivity contribution in [1.82, 2.24) is 19.6 Å². The lowest BCUT2D eigenvalue weighted by atomic mass is 10.3. The fraction of sp³-hybridized carbons (Fsp3) is 0.688. The Balaban J connectivity index is 2.02. The molecule has 1 aromatic heterocycles. The summed E-state index contributed by atoms with van der Waals surface area (Å²) in [7, 11) is 1.64. The molecule has 2 heterocycles. The maximum atomic E-state index is 12.3. The molecule has 24 heavy (non-hydrogen) atoms. The molecule has 0 atom stereocenters. The molecule has 0 spiro atoms. The highest BCUT2D eigenvalue weighted by molar-refractivity contribution is 9.10. The van der Waals surface area contributed by atoms with E-state index in [0.29, 0.717) is 11.0 Å². The van der Waals surface area contributed by atoms with Crippen molar-refractivity contribution in [3.63, 3.8) is 0 Å². The Bertz CT molecular complexity index is 629. The smallest absolute Gasteiger partial charge is 0.282 e. The van der Waals surface area contributed by atoms with Crippen molar-refractivity contribution in [2.75, 3.05) is 50.7 Å². The fourth-order valence-corrected chi connectivity index (χ4v) is 3.57. The van der Waals surface area contributed by atoms with E-state index >= 15 is 0 Å². The monoisotopic (exact) mass is 399 g/mol. The third-order valence-corrected chi connectivity index (χ3v) is 5.21. The van der Waals surface area contributed by atoms with Gasteiger partial charge in [0.1, 0.15) is 4.47 Å². The number of halogens is 1. The zero-order valence-corrected chi connectivity index (χ0v) is 16.3. The first-order valence-corrected chi connectivity index (χ1v) is 9.24. The number of rotatable bonds is 5. The average Bonchev–Trinajstić information content (AvgIpc) is 2.79. The SMILES string of the molecule is CCN(CC)C(=O)CN1CCCN(c2cnn(C)c(=O)c2Br)CC1. The quantitative estimate of drug-likeness (QED) is 0.736. The number of aryl methyl sites for hydroxylation is 1. The van der Waals surface area contributed by atoms with Crippen LogP contribution in [-0.4, -0.2) is 71.3 Å². The van der Waals surface area contributed by atoms with Crippen molar-refractivity contribution in [2.24, 2.45) is 7.05 Å². The first-order chi connectivity index (χ1) is 11.5. The number of hydrogen-bond donors (Lipinski definition) is 0. The maximum absolute atomic E-state index is 12.3. The van der Waals surface area contributed by atoms with Gasteiger partial charge in [-0.1, -0.05) is 0 Å². The van der Waals surface area contributed by atoms with Gasteiger partial charge in [0.05, 0.1) is 18.4 Å². The molecular weight excluding hydrogens is 374 g/mol. The summed E-state index contributed by atoms with van der Waals surface area (Å²) in [4.78, 5) is 30.5. The molecule has 1 fully saturated rings. The minimum absolute atomic E-state index is 0.134. The second kappa shape index (κ2) is 8.62. The van der Waals surface area contributed by atoms with Crippen LogP contribution in [0.3, 0.4) is 0 Å². The van der Waals surface area contributed by atoms with Gasteiger partial charge in [0.2, 0.25) is 5.91 Å². The Labute approximate surface area is 151 Å². The van der Waals surface area contributed by atoms with E-state index in [2.05, 4.69) is 30.8 Å². The van der Waals surface area contributed by atoms with Gasteiger partial charge in [-0.2, -0.15) is 5.10 Å². The van der Waals surface area contributed by atoms with Crippen molar-refractivity contribution in [1.29, 1.82) is 0 Å². The van der Waals surface area contributed by atoms with Gasteiger partial charge in [-0.05, 0) is 36.2 Å². The molecule has 0 bridgehead atoms. The molecule has 8 heteroatoms. The van der Waals surface area contributed by atoms with E-state index < -0.39 is 0 Å². The number of amides is 1. The first-order valence-electron chi connectivity index (χ1n) is 8.44. The Morgan fingerprint density at radius 1 is 1.25 bits per heavy atom. The van der Waals surface area contributed by atoms with E-state index in [0.717, 1.165) is 51.4 Å². The minimum Gasteiger partial charge on any atom is -0.368 e. The second-order valence-corrected chi connectivity index (χ2v) is 6.75. The molecule has 1 amide bonds. The number of anilines is 1. The minimum atomic E-state index is -0.134. The van der Waals surface area contributed by atoms with Crippen LogP contribution in [0.1, 0.15) is 20.3 Å². The van der Waals surface area contributed by atoms with Crippen LogP contribution in [0.15, 0.2) is 15.5 Å². The molecule has 2 rings (SSSR count). The van der Waals surface area contributed by atoms with Crippen LogP contribution in [-0.2, 0) is 11.8 Å². The zero-order valence-electron chi connectivity index (χ0n) is 14.7. The average molecular weight is 400 g/mol. The van der Waals surface area contributed by atoms with Gasteiger partial charge in [-0.15, -0.1) is 0 Å². The van der Waals surface area contributed by atoms with Crippen molar-refractivity contribution in [2.45, 2.75) is 20.3 Å². The molecule has 1 saturated heterocycles. The van der Waals surface area contributed by atoms with Crippen molar-refractivity contribution in [3.8, 4) is 0 Å². The molecule has 7 nitrogen and oxygen atoms in total. The molecule has 1 aliphatic rings. The molecule has 0 aliphatic carbocycles. The number of carbonyl (C=O) groups is 1. The molecule has 0 aromatic carbocycles. The Hall–Kier alpha value is -1.41. The first kappa shape index (κ1) is 18.9. The van der Waals surface area contributed by atoms with Crippen LogP contribution < -0.4 is 10.5 Å². The van der Waals surface area contributed by atoms with Crippen LogP contribution in [0, 0.1) is 0 Å². The molecule has 134 valence electrons. The number of likely N-dealkylation sites (N-methyl/N-ethyl adjacent to an activating group) is 1. The molecular formula is C16H26BrN5O2. The van der Waals surface area contributed by atoms with Crippen LogP contribution in [0.25, 0.3) is 0 Å². The fourth-order valence-electron chi connectivity index (χ4n) is 2.96. The number of carbonyl (C=O) groups excluding carboxylic acids is 1. The van der Waals surface area contributed by atoms with Crippen LogP contribution in [0.4, 0.5) is 5.69 Å². The van der Waals surface area contributed by atoms with Crippen LogP contribution >= 0.6 is 15.9 Å². The predicted octanol–water partition coefficient (Wildman–Crippen LogP) is 0.923. The highest BCUT2D eigenvalue weighted by Gasteiger charge is 2.21. The summed E-state index contributed by atoms with van der Waals surface area (Å²) in [5, 5.41) is 4.12. The second-order valence-electron chi connectivity index (χ2n) is 5.96. The van der Waals surface area contributed by atoms with Gasteiger partial charge in [0.15, 0.2) is 0 Å². The van der Waals surface area contributed by atoms with Crippen molar-refractivity contribution in [3.05, 3.63) is 21.0 Å². The van der Waals surface area contributed by atoms with E-state index in [-0.39, 0.29) is 11.5 Å². The molecule has 0 saturated carbocycles. The zero-order chi connectivity index (χ0) is 17.7. The molecule has 0 N–H and O–H groups in total. The lowest BCUT2D eigenvalue weighted by Crippen LogP contribution is -2.41. The topological polar surface area (TPSA) is 61.7 Å². The third-order valence-electron chi connectivity index (χ3n) is 4.46. The lowest BCUT2D eigenvalue weighted by molar-refractivity contribution is -0.132. The number of aromatic nitrogens is 2. The normalized spacial score (nSPS) is 16.1. The van der Waals surface area contributed by atoms with E-state index in [9.17, 15) is 9.59 Å². The van der Waals surface area contributed by atoms with E-state index in [4.69, 9.17) is 0 Å². The summed E-state index contributed by atoms with van der Waals surface area (Å²) < 4.78 is 1.87. The van der Waals surface area contributed by atoms with Gasteiger partial charge in [-0.25, -0.2) is 4.68 Å². The van der Waals surface area contributed by atoms with Gasteiger partial charge in [0, 0.05) is 46.3 Å². The summed E-state index contributed by atoms with van der Waals surface area (Å²) in [6.45, 7) is 9.29. The number of nitrogens with zero attached hydrogens (tertiary/aromatic N) is 5. The summed E-state index contributed by atoms with van der Waals surface area (Å²) in [5.74, 6) is 0.185. The molecule has 0 unspecified atom stereocenters. The Morgan fingerprint density at radius 2 is 1.96 bits per heavy atom. The molecule has 1 aliphatic heterocycles. The lowest BCUT2D eigenvalue weighted by Gasteiger charge is -2.26. The summed E-state index contributed by atoms with van der Waals surface area (Å²) >= 11 is 3.40. The van der Waals surface area contributed by atoms with Gasteiger partial charge in [0.25, 0.3) is 5.56 Å². The highest BCUT2D eigenvalue weighted by Crippen LogP contribution is 2.22. The molecule has 1 aromatic rings. The van der Waals surface area contributed by atoms with Crippen LogP contribution in [0.5, 0.6) is 0 Å². The third kappa shape index (κ3) is 4.36. The largest absolute Gasteiger partial charge is 0.368 e. The van der Waals surface area contributed by atoms with E-state index in [1.807, 2.05) is 18.7 Å². The standard InChI is InChI=1S/C16H26BrN5O2/c1-4-21(5-2)14(23)12-20-7-6-8-22(10-9-20)13-11-18-19(3)16(24)15(13)17/h11H,4-10,12H2,1-3H3. The molecule has 0 radical (unpaired) electrons. The van der Waals surface area contributed by atoms with Gasteiger partial charge >= 0.3 is 0 Å². The predicted molar refractivity (Wildman–Crippen MR) is 98.4 cm³/mol. The summed E-state index contributed by atoms with van der Waals surface area (Å²) in [5.41, 5.74) is 0.695. The summed E-state index contributed by atoms with van der Waals surface area (Å²) in [6.07, 6.45) is 2.68. The van der Waals surface area contributed by atoms with E-state index in [1.54, 1.807) is 13.2 Å². The Kier molecular flexibility index (Phi) is 6.79.